The number of benzene rings is 1. The molecule has 0 unspecified atom stereocenters. The van der Waals surface area contributed by atoms with Gasteiger partial charge in [0.25, 0.3) is 10.0 Å². The van der Waals surface area contributed by atoms with E-state index in [1.165, 1.54) is 15.6 Å². The number of sulfonamides is 1. The van der Waals surface area contributed by atoms with Crippen molar-refractivity contribution in [1.82, 2.24) is 4.31 Å². The first-order valence-electron chi connectivity index (χ1n) is 8.86. The molecule has 1 aliphatic heterocycles. The van der Waals surface area contributed by atoms with Gasteiger partial charge in [-0.3, -0.25) is 4.79 Å². The van der Waals surface area contributed by atoms with Crippen molar-refractivity contribution in [3.8, 4) is 0 Å². The van der Waals surface area contributed by atoms with E-state index in [9.17, 15) is 13.2 Å². The lowest BCUT2D eigenvalue weighted by Crippen LogP contribution is -2.41. The van der Waals surface area contributed by atoms with Crippen molar-refractivity contribution in [2.24, 2.45) is 5.92 Å². The van der Waals surface area contributed by atoms with Crippen LogP contribution in [0.1, 0.15) is 30.9 Å². The number of hydrogen-bond acceptors (Lipinski definition) is 4. The molecule has 140 valence electrons. The maximum atomic E-state index is 12.7. The first-order chi connectivity index (χ1) is 12.4. The van der Waals surface area contributed by atoms with E-state index in [1.807, 2.05) is 25.1 Å². The summed E-state index contributed by atoms with van der Waals surface area (Å²) >= 11 is 1.23. The number of rotatable bonds is 5. The fourth-order valence-corrected chi connectivity index (χ4v) is 5.94. The maximum Gasteiger partial charge on any atom is 0.252 e. The van der Waals surface area contributed by atoms with Crippen LogP contribution in [0.5, 0.6) is 0 Å². The third-order valence-corrected chi connectivity index (χ3v) is 8.17. The third-order valence-electron chi connectivity index (χ3n) is 4.90. The predicted octanol–water partition coefficient (Wildman–Crippen LogP) is 3.66. The third kappa shape index (κ3) is 3.84. The normalized spacial score (nSPS) is 16.5. The first-order valence-corrected chi connectivity index (χ1v) is 11.2. The minimum Gasteiger partial charge on any atom is -0.325 e. The molecule has 1 aromatic heterocycles. The van der Waals surface area contributed by atoms with Crippen LogP contribution >= 0.6 is 11.3 Å². The lowest BCUT2D eigenvalue weighted by Gasteiger charge is -2.30. The van der Waals surface area contributed by atoms with Crippen molar-refractivity contribution in [2.75, 3.05) is 18.4 Å². The molecule has 1 aliphatic rings. The van der Waals surface area contributed by atoms with Crippen LogP contribution in [0.2, 0.25) is 0 Å². The van der Waals surface area contributed by atoms with Gasteiger partial charge in [-0.2, -0.15) is 4.31 Å². The van der Waals surface area contributed by atoms with Crippen molar-refractivity contribution < 1.29 is 13.2 Å². The second-order valence-corrected chi connectivity index (χ2v) is 9.67. The number of hydrogen-bond donors (Lipinski definition) is 1. The van der Waals surface area contributed by atoms with Crippen LogP contribution < -0.4 is 5.32 Å². The number of anilines is 1. The Balaban J connectivity index is 1.65. The number of nitrogens with zero attached hydrogens (tertiary/aromatic N) is 1. The van der Waals surface area contributed by atoms with Gasteiger partial charge in [-0.15, -0.1) is 11.3 Å². The SMILES string of the molecule is CCc1cccc(C)c1NC(=O)C1CCN(S(=O)(=O)c2cccs2)CC1. The molecule has 1 aromatic carbocycles. The van der Waals surface area contributed by atoms with E-state index in [4.69, 9.17) is 0 Å². The number of nitrogens with one attached hydrogen (secondary N) is 1. The van der Waals surface area contributed by atoms with Crippen molar-refractivity contribution in [1.29, 1.82) is 0 Å². The number of carbonyl (C=O) groups excluding carboxylic acids is 1. The zero-order valence-corrected chi connectivity index (χ0v) is 16.7. The number of para-hydroxylation sites is 1. The maximum absolute atomic E-state index is 12.7. The molecule has 26 heavy (non-hydrogen) atoms. The van der Waals surface area contributed by atoms with E-state index >= 15 is 0 Å². The Morgan fingerprint density at radius 2 is 1.96 bits per heavy atom. The van der Waals surface area contributed by atoms with E-state index in [0.717, 1.165) is 23.2 Å². The van der Waals surface area contributed by atoms with Crippen molar-refractivity contribution in [3.63, 3.8) is 0 Å². The lowest BCUT2D eigenvalue weighted by molar-refractivity contribution is -0.120. The summed E-state index contributed by atoms with van der Waals surface area (Å²) in [7, 11) is -3.42. The molecule has 1 N–H and O–H groups in total. The largest absolute Gasteiger partial charge is 0.325 e. The van der Waals surface area contributed by atoms with Crippen LogP contribution in [0.15, 0.2) is 39.9 Å². The average Bonchev–Trinajstić information content (AvgIpc) is 3.19. The molecule has 2 aromatic rings. The fraction of sp³-hybridized carbons (Fsp3) is 0.421. The molecule has 1 amide bonds. The zero-order chi connectivity index (χ0) is 18.7. The van der Waals surface area contributed by atoms with Gasteiger partial charge in [0.05, 0.1) is 0 Å². The Kier molecular flexibility index (Phi) is 5.79. The Hall–Kier alpha value is -1.70. The van der Waals surface area contributed by atoms with Crippen LogP contribution in [0, 0.1) is 12.8 Å². The zero-order valence-electron chi connectivity index (χ0n) is 15.1. The van der Waals surface area contributed by atoms with Gasteiger partial charge >= 0.3 is 0 Å². The fourth-order valence-electron chi connectivity index (χ4n) is 3.32. The highest BCUT2D eigenvalue weighted by atomic mass is 32.2. The van der Waals surface area contributed by atoms with Crippen molar-refractivity contribution >= 4 is 33.0 Å². The Morgan fingerprint density at radius 3 is 2.58 bits per heavy atom. The van der Waals surface area contributed by atoms with Gasteiger partial charge in [0, 0.05) is 24.7 Å². The molecule has 5 nitrogen and oxygen atoms in total. The molecule has 1 fully saturated rings. The number of carbonyl (C=O) groups is 1. The summed E-state index contributed by atoms with van der Waals surface area (Å²) in [5.41, 5.74) is 3.07. The topological polar surface area (TPSA) is 66.5 Å². The summed E-state index contributed by atoms with van der Waals surface area (Å²) in [6, 6.07) is 9.38. The molecule has 0 spiro atoms. The molecule has 0 saturated carbocycles. The molecule has 0 radical (unpaired) electrons. The smallest absolute Gasteiger partial charge is 0.252 e. The number of aryl methyl sites for hydroxylation is 2. The van der Waals surface area contributed by atoms with Gasteiger partial charge < -0.3 is 5.32 Å². The van der Waals surface area contributed by atoms with Gasteiger partial charge in [-0.25, -0.2) is 8.42 Å². The molecule has 1 saturated heterocycles. The van der Waals surface area contributed by atoms with Crippen LogP contribution in [-0.2, 0) is 21.2 Å². The second-order valence-electron chi connectivity index (χ2n) is 6.56. The molecule has 2 heterocycles. The molecular weight excluding hydrogens is 368 g/mol. The molecule has 3 rings (SSSR count). The van der Waals surface area contributed by atoms with E-state index in [-0.39, 0.29) is 11.8 Å². The quantitative estimate of drug-likeness (QED) is 0.844. The summed E-state index contributed by atoms with van der Waals surface area (Å²) < 4.78 is 27.0. The van der Waals surface area contributed by atoms with Crippen molar-refractivity contribution in [3.05, 3.63) is 46.8 Å². The monoisotopic (exact) mass is 392 g/mol. The van der Waals surface area contributed by atoms with Gasteiger partial charge in [-0.1, -0.05) is 31.2 Å². The minimum absolute atomic E-state index is 0.0119. The summed E-state index contributed by atoms with van der Waals surface area (Å²) in [6.45, 7) is 4.82. The summed E-state index contributed by atoms with van der Waals surface area (Å²) in [5.74, 6) is -0.170. The highest BCUT2D eigenvalue weighted by Gasteiger charge is 2.32. The highest BCUT2D eigenvalue weighted by molar-refractivity contribution is 7.91. The minimum atomic E-state index is -3.42. The molecule has 0 atom stereocenters. The van der Waals surface area contributed by atoms with Crippen LogP contribution in [0.4, 0.5) is 5.69 Å². The Morgan fingerprint density at radius 1 is 1.23 bits per heavy atom. The second kappa shape index (κ2) is 7.90. The summed E-state index contributed by atoms with van der Waals surface area (Å²) in [6.07, 6.45) is 1.95. The van der Waals surface area contributed by atoms with Gasteiger partial charge in [0.15, 0.2) is 0 Å². The highest BCUT2D eigenvalue weighted by Crippen LogP contribution is 2.28. The standard InChI is InChI=1S/C19H24N2O3S2/c1-3-15-7-4-6-14(2)18(15)20-19(22)16-9-11-21(12-10-16)26(23,24)17-8-5-13-25-17/h4-8,13,16H,3,9-12H2,1-2H3,(H,20,22). The Bertz CT molecular complexity index is 868. The van der Waals surface area contributed by atoms with Gasteiger partial charge in [-0.05, 0) is 48.8 Å². The molecular formula is C19H24N2O3S2. The van der Waals surface area contributed by atoms with Gasteiger partial charge in [0.2, 0.25) is 5.91 Å². The molecule has 0 bridgehead atoms. The first kappa shape index (κ1) is 19.1. The number of amides is 1. The summed E-state index contributed by atoms with van der Waals surface area (Å²) in [4.78, 5) is 12.7. The van der Waals surface area contributed by atoms with Crippen LogP contribution in [-0.4, -0.2) is 31.7 Å². The molecule has 0 aliphatic carbocycles. The van der Waals surface area contributed by atoms with Crippen molar-refractivity contribution in [2.45, 2.75) is 37.3 Å². The molecule has 7 heteroatoms. The van der Waals surface area contributed by atoms with E-state index < -0.39 is 10.0 Å². The van der Waals surface area contributed by atoms with E-state index in [1.54, 1.807) is 17.5 Å². The summed E-state index contributed by atoms with van der Waals surface area (Å²) in [5, 5.41) is 4.84. The van der Waals surface area contributed by atoms with Crippen LogP contribution in [0.3, 0.4) is 0 Å². The average molecular weight is 393 g/mol. The lowest BCUT2D eigenvalue weighted by atomic mass is 9.96. The van der Waals surface area contributed by atoms with Crippen LogP contribution in [0.25, 0.3) is 0 Å². The van der Waals surface area contributed by atoms with E-state index in [0.29, 0.717) is 30.1 Å². The number of piperidine rings is 1. The number of thiophene rings is 1. The predicted molar refractivity (Wildman–Crippen MR) is 105 cm³/mol. The Labute approximate surface area is 159 Å². The van der Waals surface area contributed by atoms with Gasteiger partial charge in [0.1, 0.15) is 4.21 Å². The van der Waals surface area contributed by atoms with E-state index in [2.05, 4.69) is 12.2 Å².